The van der Waals surface area contributed by atoms with Crippen molar-refractivity contribution in [2.75, 3.05) is 25.5 Å². The maximum atomic E-state index is 13.2. The van der Waals surface area contributed by atoms with Crippen LogP contribution in [0.25, 0.3) is 0 Å². The quantitative estimate of drug-likeness (QED) is 0.687. The third-order valence-corrected chi connectivity index (χ3v) is 7.98. The number of nitrogens with one attached hydrogen (secondary N) is 1. The van der Waals surface area contributed by atoms with E-state index in [1.807, 2.05) is 6.92 Å². The average molecular weight is 447 g/mol. The Morgan fingerprint density at radius 1 is 1.16 bits per heavy atom. The number of carbonyl (C=O) groups excluding carboxylic acids is 2. The molecule has 0 heterocycles. The summed E-state index contributed by atoms with van der Waals surface area (Å²) < 4.78 is 32.5. The van der Waals surface area contributed by atoms with Crippen molar-refractivity contribution in [2.45, 2.75) is 57.8 Å². The normalized spacial score (nSPS) is 17.1. The maximum Gasteiger partial charge on any atom is 0.252 e. The number of benzene rings is 1. The Morgan fingerprint density at radius 3 is 2.48 bits per heavy atom. The van der Waals surface area contributed by atoms with E-state index in [1.165, 1.54) is 23.5 Å². The molecule has 0 atom stereocenters. The van der Waals surface area contributed by atoms with Crippen molar-refractivity contribution in [2.24, 2.45) is 0 Å². The van der Waals surface area contributed by atoms with Gasteiger partial charge in [-0.1, -0.05) is 19.4 Å². The summed E-state index contributed by atoms with van der Waals surface area (Å²) in [6.45, 7) is 6.16. The van der Waals surface area contributed by atoms with Crippen LogP contribution in [0.1, 0.15) is 52.9 Å². The zero-order valence-corrected chi connectivity index (χ0v) is 19.4. The molecule has 2 aliphatic rings. The predicted octanol–water partition coefficient (Wildman–Crippen LogP) is 3.82. The van der Waals surface area contributed by atoms with Crippen molar-refractivity contribution in [3.8, 4) is 5.75 Å². The number of rotatable bonds is 7. The number of methoxy groups -OCH3 is 1. The van der Waals surface area contributed by atoms with E-state index in [0.29, 0.717) is 54.9 Å². The number of ether oxygens (including phenoxy) is 1. The number of carbonyl (C=O) groups is 2. The van der Waals surface area contributed by atoms with Gasteiger partial charge in [-0.05, 0) is 56.4 Å². The molecule has 0 radical (unpaired) electrons. The summed E-state index contributed by atoms with van der Waals surface area (Å²) in [6, 6.07) is 4.46. The lowest BCUT2D eigenvalue weighted by Gasteiger charge is -2.20. The Bertz CT molecular complexity index is 1070. The molecule has 1 amide bonds. The van der Waals surface area contributed by atoms with E-state index >= 15 is 0 Å². The SMILES string of the molecule is CCN(CC)S(=O)(=O)c1ccc(OC)c(NC(=O)C2=C3CCCCC(=O)C3=C(C)C2)c1. The largest absolute Gasteiger partial charge is 0.495 e. The van der Waals surface area contributed by atoms with Crippen molar-refractivity contribution in [3.05, 3.63) is 40.5 Å². The van der Waals surface area contributed by atoms with Crippen LogP contribution in [0.4, 0.5) is 5.69 Å². The van der Waals surface area contributed by atoms with Gasteiger partial charge in [-0.25, -0.2) is 8.42 Å². The van der Waals surface area contributed by atoms with E-state index in [2.05, 4.69) is 5.32 Å². The number of hydrogen-bond donors (Lipinski definition) is 1. The molecule has 1 saturated carbocycles. The molecule has 0 unspecified atom stereocenters. The molecule has 1 aromatic carbocycles. The fourth-order valence-electron chi connectivity index (χ4n) is 4.34. The van der Waals surface area contributed by atoms with Gasteiger partial charge in [0, 0.05) is 30.7 Å². The maximum absolute atomic E-state index is 13.2. The first kappa shape index (κ1) is 23.2. The smallest absolute Gasteiger partial charge is 0.252 e. The van der Waals surface area contributed by atoms with Gasteiger partial charge in [-0.15, -0.1) is 0 Å². The lowest BCUT2D eigenvalue weighted by molar-refractivity contribution is -0.115. The molecule has 1 aromatic rings. The van der Waals surface area contributed by atoms with Crippen LogP contribution in [0.15, 0.2) is 45.4 Å². The molecule has 0 aliphatic heterocycles. The highest BCUT2D eigenvalue weighted by Gasteiger charge is 2.32. The number of nitrogens with zero attached hydrogens (tertiary/aromatic N) is 1. The second-order valence-corrected chi connectivity index (χ2v) is 9.76. The molecule has 7 nitrogen and oxygen atoms in total. The second-order valence-electron chi connectivity index (χ2n) is 7.83. The topological polar surface area (TPSA) is 92.8 Å². The minimum absolute atomic E-state index is 0.0935. The molecule has 0 spiro atoms. The first-order valence-electron chi connectivity index (χ1n) is 10.7. The van der Waals surface area contributed by atoms with Crippen LogP contribution in [0.2, 0.25) is 0 Å². The van der Waals surface area contributed by atoms with Crippen molar-refractivity contribution in [3.63, 3.8) is 0 Å². The molecule has 31 heavy (non-hydrogen) atoms. The number of Topliss-reactive ketones (excluding diaryl/α,β-unsaturated/α-hetero) is 1. The lowest BCUT2D eigenvalue weighted by Crippen LogP contribution is -2.30. The minimum atomic E-state index is -3.68. The molecular weight excluding hydrogens is 416 g/mol. The minimum Gasteiger partial charge on any atom is -0.495 e. The highest BCUT2D eigenvalue weighted by molar-refractivity contribution is 7.89. The molecule has 2 aliphatic carbocycles. The van der Waals surface area contributed by atoms with Gasteiger partial charge in [0.15, 0.2) is 5.78 Å². The standard InChI is InChI=1S/C23H30N2O5S/c1-5-25(6-2)31(28,29)16-11-12-21(30-4)19(14-16)24-23(27)18-13-15(3)22-17(18)9-7-8-10-20(22)26/h11-12,14H,5-10,13H2,1-4H3,(H,24,27). The first-order chi connectivity index (χ1) is 14.7. The molecule has 0 bridgehead atoms. The molecule has 168 valence electrons. The van der Waals surface area contributed by atoms with E-state index in [0.717, 1.165) is 24.0 Å². The van der Waals surface area contributed by atoms with Crippen molar-refractivity contribution in [1.82, 2.24) is 4.31 Å². The van der Waals surface area contributed by atoms with Crippen LogP contribution in [0, 0.1) is 0 Å². The fourth-order valence-corrected chi connectivity index (χ4v) is 5.82. The summed E-state index contributed by atoms with van der Waals surface area (Å²) in [5, 5.41) is 2.84. The number of fused-ring (bicyclic) bond motifs is 1. The number of ketones is 1. The summed E-state index contributed by atoms with van der Waals surface area (Å²) in [5.74, 6) is 0.157. The van der Waals surface area contributed by atoms with Crippen LogP contribution < -0.4 is 10.1 Å². The van der Waals surface area contributed by atoms with Gasteiger partial charge in [0.1, 0.15) is 5.75 Å². The first-order valence-corrected chi connectivity index (χ1v) is 12.1. The van der Waals surface area contributed by atoms with Crippen LogP contribution in [0.5, 0.6) is 5.75 Å². The molecule has 3 rings (SSSR count). The zero-order chi connectivity index (χ0) is 22.8. The van der Waals surface area contributed by atoms with E-state index < -0.39 is 10.0 Å². The summed E-state index contributed by atoms with van der Waals surface area (Å²) in [6.07, 6.45) is 3.35. The highest BCUT2D eigenvalue weighted by atomic mass is 32.2. The highest BCUT2D eigenvalue weighted by Crippen LogP contribution is 2.39. The van der Waals surface area contributed by atoms with Crippen LogP contribution >= 0.6 is 0 Å². The van der Waals surface area contributed by atoms with E-state index in [-0.39, 0.29) is 16.6 Å². The molecular formula is C23H30N2O5S. The van der Waals surface area contributed by atoms with Crippen LogP contribution in [-0.2, 0) is 19.6 Å². The number of allylic oxidation sites excluding steroid dienone is 3. The van der Waals surface area contributed by atoms with E-state index in [1.54, 1.807) is 19.9 Å². The molecule has 8 heteroatoms. The van der Waals surface area contributed by atoms with Crippen LogP contribution in [0.3, 0.4) is 0 Å². The second kappa shape index (κ2) is 9.36. The van der Waals surface area contributed by atoms with Gasteiger partial charge in [0.2, 0.25) is 10.0 Å². The summed E-state index contributed by atoms with van der Waals surface area (Å²) >= 11 is 0. The Kier molecular flexibility index (Phi) is 7.01. The number of sulfonamides is 1. The average Bonchev–Trinajstić information content (AvgIpc) is 2.95. The van der Waals surface area contributed by atoms with Gasteiger partial charge < -0.3 is 10.1 Å². The monoisotopic (exact) mass is 446 g/mol. The molecule has 0 aromatic heterocycles. The Morgan fingerprint density at radius 2 is 1.84 bits per heavy atom. The fraction of sp³-hybridized carbons (Fsp3) is 0.478. The van der Waals surface area contributed by atoms with Crippen molar-refractivity contribution >= 4 is 27.4 Å². The predicted molar refractivity (Wildman–Crippen MR) is 120 cm³/mol. The van der Waals surface area contributed by atoms with Gasteiger partial charge in [-0.2, -0.15) is 4.31 Å². The Hall–Kier alpha value is -2.45. The number of amides is 1. The molecule has 0 saturated heterocycles. The van der Waals surface area contributed by atoms with E-state index in [9.17, 15) is 18.0 Å². The van der Waals surface area contributed by atoms with Crippen LogP contribution in [-0.4, -0.2) is 44.6 Å². The summed E-state index contributed by atoms with van der Waals surface area (Å²) in [4.78, 5) is 25.8. The third-order valence-electron chi connectivity index (χ3n) is 5.93. The number of hydrogen-bond acceptors (Lipinski definition) is 5. The van der Waals surface area contributed by atoms with Gasteiger partial charge in [0.25, 0.3) is 5.91 Å². The van der Waals surface area contributed by atoms with E-state index in [4.69, 9.17) is 4.74 Å². The Balaban J connectivity index is 1.95. The Labute approximate surface area is 184 Å². The van der Waals surface area contributed by atoms with Crippen molar-refractivity contribution < 1.29 is 22.7 Å². The summed E-state index contributed by atoms with van der Waals surface area (Å²) in [5.41, 5.74) is 3.36. The molecule has 1 fully saturated rings. The van der Waals surface area contributed by atoms with Crippen molar-refractivity contribution in [1.29, 1.82) is 0 Å². The zero-order valence-electron chi connectivity index (χ0n) is 18.6. The van der Waals surface area contributed by atoms with Gasteiger partial charge in [0.05, 0.1) is 17.7 Å². The lowest BCUT2D eigenvalue weighted by atomic mass is 9.99. The third kappa shape index (κ3) is 4.45. The molecule has 1 N–H and O–H groups in total. The number of anilines is 1. The summed E-state index contributed by atoms with van der Waals surface area (Å²) in [7, 11) is -2.21. The van der Waals surface area contributed by atoms with Gasteiger partial charge >= 0.3 is 0 Å². The van der Waals surface area contributed by atoms with Gasteiger partial charge in [-0.3, -0.25) is 9.59 Å².